The number of hydrogen-bond donors (Lipinski definition) is 1. The molecule has 26 heavy (non-hydrogen) atoms. The topological polar surface area (TPSA) is 72.2 Å². The lowest BCUT2D eigenvalue weighted by molar-refractivity contribution is 0.0955. The summed E-state index contributed by atoms with van der Waals surface area (Å²) in [6.45, 7) is 0. The molecule has 0 aliphatic heterocycles. The molecule has 2 aromatic carbocycles. The van der Waals surface area contributed by atoms with Gasteiger partial charge in [0.05, 0.1) is 6.21 Å². The molecule has 1 heterocycles. The molecule has 1 aromatic heterocycles. The number of hydrazone groups is 1. The molecule has 3 rings (SSSR count). The summed E-state index contributed by atoms with van der Waals surface area (Å²) < 4.78 is 1.87. The van der Waals surface area contributed by atoms with E-state index in [4.69, 9.17) is 11.6 Å². The van der Waals surface area contributed by atoms with Crippen LogP contribution >= 0.6 is 23.4 Å². The van der Waals surface area contributed by atoms with Crippen LogP contribution in [-0.4, -0.2) is 26.9 Å². The summed E-state index contributed by atoms with van der Waals surface area (Å²) in [6, 6.07) is 14.6. The second-order valence-corrected chi connectivity index (χ2v) is 6.84. The van der Waals surface area contributed by atoms with Gasteiger partial charge in [-0.25, -0.2) is 5.43 Å². The van der Waals surface area contributed by atoms with Crippen molar-refractivity contribution in [1.82, 2.24) is 20.2 Å². The van der Waals surface area contributed by atoms with Crippen molar-refractivity contribution in [1.29, 1.82) is 0 Å². The van der Waals surface area contributed by atoms with Crippen molar-refractivity contribution in [2.24, 2.45) is 12.1 Å². The number of carbonyl (C=O) groups excluding carboxylic acids is 1. The lowest BCUT2D eigenvalue weighted by Crippen LogP contribution is -2.17. The van der Waals surface area contributed by atoms with Gasteiger partial charge in [0.15, 0.2) is 5.16 Å². The monoisotopic (exact) mass is 385 g/mol. The average molecular weight is 386 g/mol. The Bertz CT molecular complexity index is 923. The third-order valence-electron chi connectivity index (χ3n) is 3.48. The molecule has 3 aromatic rings. The number of aromatic nitrogens is 3. The lowest BCUT2D eigenvalue weighted by atomic mass is 10.1. The maximum atomic E-state index is 12.1. The number of rotatable bonds is 6. The number of nitrogens with one attached hydrogen (secondary N) is 1. The summed E-state index contributed by atoms with van der Waals surface area (Å²) in [7, 11) is 1.90. The highest BCUT2D eigenvalue weighted by molar-refractivity contribution is 7.98. The molecule has 6 nitrogen and oxygen atoms in total. The van der Waals surface area contributed by atoms with E-state index < -0.39 is 0 Å². The summed E-state index contributed by atoms with van der Waals surface area (Å²) in [5.74, 6) is 0.484. The second-order valence-electron chi connectivity index (χ2n) is 5.46. The van der Waals surface area contributed by atoms with Crippen LogP contribution in [0.1, 0.15) is 21.5 Å². The normalized spacial score (nSPS) is 11.0. The third-order valence-corrected chi connectivity index (χ3v) is 4.82. The van der Waals surface area contributed by atoms with E-state index in [1.54, 1.807) is 48.6 Å². The van der Waals surface area contributed by atoms with Gasteiger partial charge in [0, 0.05) is 23.4 Å². The molecule has 0 aliphatic rings. The van der Waals surface area contributed by atoms with Gasteiger partial charge in [0.1, 0.15) is 6.33 Å². The van der Waals surface area contributed by atoms with Crippen molar-refractivity contribution < 1.29 is 4.79 Å². The number of halogens is 1. The number of hydrogen-bond acceptors (Lipinski definition) is 5. The van der Waals surface area contributed by atoms with Gasteiger partial charge in [-0.15, -0.1) is 10.2 Å². The molecule has 0 unspecified atom stereocenters. The van der Waals surface area contributed by atoms with Crippen molar-refractivity contribution in [3.05, 3.63) is 76.6 Å². The van der Waals surface area contributed by atoms with E-state index >= 15 is 0 Å². The van der Waals surface area contributed by atoms with Crippen molar-refractivity contribution >= 4 is 35.5 Å². The predicted molar refractivity (Wildman–Crippen MR) is 104 cm³/mol. The Balaban J connectivity index is 1.54. The van der Waals surface area contributed by atoms with Crippen molar-refractivity contribution in [3.63, 3.8) is 0 Å². The quantitative estimate of drug-likeness (QED) is 0.400. The minimum absolute atomic E-state index is 0.268. The van der Waals surface area contributed by atoms with Gasteiger partial charge in [-0.2, -0.15) is 5.10 Å². The molecule has 0 saturated heterocycles. The number of aryl methyl sites for hydroxylation is 1. The highest BCUT2D eigenvalue weighted by Gasteiger charge is 2.06. The van der Waals surface area contributed by atoms with Crippen LogP contribution in [0.4, 0.5) is 0 Å². The number of nitrogens with zero attached hydrogens (tertiary/aromatic N) is 4. The van der Waals surface area contributed by atoms with Crippen LogP contribution in [0.3, 0.4) is 0 Å². The summed E-state index contributed by atoms with van der Waals surface area (Å²) in [6.07, 6.45) is 3.22. The molecule has 0 spiro atoms. The van der Waals surface area contributed by atoms with Crippen LogP contribution in [0.25, 0.3) is 0 Å². The Morgan fingerprint density at radius 1 is 1.31 bits per heavy atom. The molecule has 132 valence electrons. The Hall–Kier alpha value is -2.64. The third kappa shape index (κ3) is 4.93. The molecule has 0 bridgehead atoms. The molecular formula is C18H16ClN5OS. The van der Waals surface area contributed by atoms with E-state index in [0.717, 1.165) is 22.0 Å². The lowest BCUT2D eigenvalue weighted by Gasteiger charge is -2.03. The molecule has 1 amide bonds. The van der Waals surface area contributed by atoms with Crippen LogP contribution in [0.2, 0.25) is 5.02 Å². The SMILES string of the molecule is Cn1cnnc1SCc1ccc(C(=O)N/N=C\c2cccc(Cl)c2)cc1. The minimum atomic E-state index is -0.268. The number of amides is 1. The second kappa shape index (κ2) is 8.64. The fraction of sp³-hybridized carbons (Fsp3) is 0.111. The Labute approximate surface area is 160 Å². The van der Waals surface area contributed by atoms with Crippen molar-refractivity contribution in [2.75, 3.05) is 0 Å². The molecule has 0 fully saturated rings. The number of thioether (sulfide) groups is 1. The zero-order valence-corrected chi connectivity index (χ0v) is 15.5. The largest absolute Gasteiger partial charge is 0.312 e. The number of carbonyl (C=O) groups is 1. The maximum Gasteiger partial charge on any atom is 0.271 e. The van der Waals surface area contributed by atoms with Crippen molar-refractivity contribution in [2.45, 2.75) is 10.9 Å². The summed E-state index contributed by atoms with van der Waals surface area (Å²) in [5, 5.41) is 13.3. The Morgan fingerprint density at radius 3 is 2.81 bits per heavy atom. The van der Waals surface area contributed by atoms with Gasteiger partial charge in [-0.1, -0.05) is 47.6 Å². The first-order valence-corrected chi connectivity index (χ1v) is 9.13. The minimum Gasteiger partial charge on any atom is -0.312 e. The first-order chi connectivity index (χ1) is 12.6. The summed E-state index contributed by atoms with van der Waals surface area (Å²) in [4.78, 5) is 12.1. The van der Waals surface area contributed by atoms with E-state index in [1.165, 1.54) is 0 Å². The van der Waals surface area contributed by atoms with Gasteiger partial charge in [-0.3, -0.25) is 4.79 Å². The molecule has 0 atom stereocenters. The van der Waals surface area contributed by atoms with Crippen LogP contribution in [0.5, 0.6) is 0 Å². The standard InChI is InChI=1S/C18H16ClN5OS/c1-24-12-21-23-18(24)26-11-13-5-7-15(8-6-13)17(25)22-20-10-14-3-2-4-16(19)9-14/h2-10,12H,11H2,1H3,(H,22,25)/b20-10-. The first-order valence-electron chi connectivity index (χ1n) is 7.76. The van der Waals surface area contributed by atoms with E-state index in [0.29, 0.717) is 10.6 Å². The fourth-order valence-electron chi connectivity index (χ4n) is 2.12. The first kappa shape index (κ1) is 18.2. The van der Waals surface area contributed by atoms with Crippen LogP contribution in [0, 0.1) is 0 Å². The summed E-state index contributed by atoms with van der Waals surface area (Å²) in [5.41, 5.74) is 4.96. The molecule has 0 saturated carbocycles. The van der Waals surface area contributed by atoms with E-state index in [1.807, 2.05) is 35.9 Å². The fourth-order valence-corrected chi connectivity index (χ4v) is 3.16. The van der Waals surface area contributed by atoms with Crippen LogP contribution in [0.15, 0.2) is 65.1 Å². The van der Waals surface area contributed by atoms with Gasteiger partial charge in [0.25, 0.3) is 5.91 Å². The van der Waals surface area contributed by atoms with Gasteiger partial charge < -0.3 is 4.57 Å². The Kier molecular flexibility index (Phi) is 6.04. The number of benzene rings is 2. The van der Waals surface area contributed by atoms with Crippen LogP contribution in [-0.2, 0) is 12.8 Å². The zero-order valence-electron chi connectivity index (χ0n) is 14.0. The molecule has 8 heteroatoms. The predicted octanol–water partition coefficient (Wildman–Crippen LogP) is 3.52. The van der Waals surface area contributed by atoms with Crippen molar-refractivity contribution in [3.8, 4) is 0 Å². The highest BCUT2D eigenvalue weighted by atomic mass is 35.5. The van der Waals surface area contributed by atoms with Gasteiger partial charge in [-0.05, 0) is 35.4 Å². The smallest absolute Gasteiger partial charge is 0.271 e. The van der Waals surface area contributed by atoms with Gasteiger partial charge in [0.2, 0.25) is 0 Å². The molecular weight excluding hydrogens is 370 g/mol. The molecule has 1 N–H and O–H groups in total. The average Bonchev–Trinajstić information content (AvgIpc) is 3.05. The Morgan fingerprint density at radius 2 is 2.12 bits per heavy atom. The van der Waals surface area contributed by atoms with Crippen LogP contribution < -0.4 is 5.43 Å². The highest BCUT2D eigenvalue weighted by Crippen LogP contribution is 2.20. The van der Waals surface area contributed by atoms with E-state index in [-0.39, 0.29) is 5.91 Å². The van der Waals surface area contributed by atoms with Gasteiger partial charge >= 0.3 is 0 Å². The summed E-state index contributed by atoms with van der Waals surface area (Å²) >= 11 is 7.49. The molecule has 0 radical (unpaired) electrons. The maximum absolute atomic E-state index is 12.1. The van der Waals surface area contributed by atoms with E-state index in [2.05, 4.69) is 20.7 Å². The zero-order chi connectivity index (χ0) is 18.4. The van der Waals surface area contributed by atoms with E-state index in [9.17, 15) is 4.79 Å². The molecule has 0 aliphatic carbocycles.